The van der Waals surface area contributed by atoms with Crippen molar-refractivity contribution in [3.05, 3.63) is 28.7 Å². The lowest BCUT2D eigenvalue weighted by molar-refractivity contribution is 0.353. The lowest BCUT2D eigenvalue weighted by Gasteiger charge is -2.24. The average Bonchev–Trinajstić information content (AvgIpc) is 2.25. The van der Waals surface area contributed by atoms with Crippen molar-refractivity contribution in [3.8, 4) is 0 Å². The zero-order chi connectivity index (χ0) is 13.1. The fraction of sp³-hybridized carbons (Fsp3) is 0.545. The van der Waals surface area contributed by atoms with Gasteiger partial charge in [-0.1, -0.05) is 6.92 Å². The number of hydrogen-bond donors (Lipinski definition) is 1. The molecule has 0 unspecified atom stereocenters. The van der Waals surface area contributed by atoms with Crippen LogP contribution in [0.1, 0.15) is 27.2 Å². The second-order valence-corrected chi connectivity index (χ2v) is 5.94. The molecule has 0 bridgehead atoms. The number of pyridine rings is 1. The molecule has 0 saturated carbocycles. The van der Waals surface area contributed by atoms with Gasteiger partial charge in [-0.3, -0.25) is 4.79 Å². The van der Waals surface area contributed by atoms with Crippen LogP contribution in [0, 0.1) is 0 Å². The lowest BCUT2D eigenvalue weighted by Crippen LogP contribution is -2.39. The van der Waals surface area contributed by atoms with Gasteiger partial charge in [-0.05, 0) is 20.3 Å². The highest BCUT2D eigenvalue weighted by Crippen LogP contribution is 2.14. The smallest absolute Gasteiger partial charge is 0.248 e. The number of H-pyrrole nitrogens is 1. The highest BCUT2D eigenvalue weighted by molar-refractivity contribution is 7.89. The minimum atomic E-state index is -3.70. The van der Waals surface area contributed by atoms with Crippen molar-refractivity contribution in [2.75, 3.05) is 6.54 Å². The number of nitrogens with one attached hydrogen (secondary N) is 1. The molecule has 0 aliphatic carbocycles. The number of sulfonamides is 1. The Morgan fingerprint density at radius 3 is 2.53 bits per heavy atom. The highest BCUT2D eigenvalue weighted by Gasteiger charge is 2.28. The first-order valence-corrected chi connectivity index (χ1v) is 7.04. The fourth-order valence-corrected chi connectivity index (χ4v) is 3.37. The minimum absolute atomic E-state index is 0.167. The normalized spacial score (nSPS) is 12.3. The van der Waals surface area contributed by atoms with E-state index in [1.165, 1.54) is 22.8 Å². The topological polar surface area (TPSA) is 70.2 Å². The van der Waals surface area contributed by atoms with Gasteiger partial charge < -0.3 is 4.98 Å². The molecule has 0 aromatic carbocycles. The molecule has 1 aromatic rings. The number of hydrogen-bond acceptors (Lipinski definition) is 3. The number of aromatic amines is 1. The van der Waals surface area contributed by atoms with E-state index in [4.69, 9.17) is 0 Å². The fourth-order valence-electron chi connectivity index (χ4n) is 1.61. The summed E-state index contributed by atoms with van der Waals surface area (Å²) in [5.74, 6) is 0. The highest BCUT2D eigenvalue weighted by atomic mass is 32.2. The number of nitrogens with zero attached hydrogens (tertiary/aromatic N) is 1. The molecule has 17 heavy (non-hydrogen) atoms. The van der Waals surface area contributed by atoms with Crippen molar-refractivity contribution in [1.82, 2.24) is 9.29 Å². The lowest BCUT2D eigenvalue weighted by atomic mass is 10.4. The summed E-state index contributed by atoms with van der Waals surface area (Å²) in [6, 6.07) is 1.05. The molecule has 0 aliphatic heterocycles. The van der Waals surface area contributed by atoms with Crippen LogP contribution in [0.4, 0.5) is 0 Å². The average molecular weight is 258 g/mol. The van der Waals surface area contributed by atoms with Crippen molar-refractivity contribution < 1.29 is 8.42 Å². The Kier molecular flexibility index (Phi) is 4.47. The van der Waals surface area contributed by atoms with Crippen molar-refractivity contribution in [2.45, 2.75) is 38.1 Å². The van der Waals surface area contributed by atoms with Gasteiger partial charge in [0, 0.05) is 31.0 Å². The van der Waals surface area contributed by atoms with Gasteiger partial charge in [0.2, 0.25) is 15.5 Å². The zero-order valence-electron chi connectivity index (χ0n) is 10.3. The summed E-state index contributed by atoms with van der Waals surface area (Å²) in [7, 11) is -3.70. The molecule has 1 N–H and O–H groups in total. The Hall–Kier alpha value is -1.14. The maximum Gasteiger partial charge on any atom is 0.248 e. The van der Waals surface area contributed by atoms with E-state index in [2.05, 4.69) is 4.98 Å². The molecule has 1 rings (SSSR count). The minimum Gasteiger partial charge on any atom is -0.366 e. The van der Waals surface area contributed by atoms with Gasteiger partial charge >= 0.3 is 0 Å². The van der Waals surface area contributed by atoms with Gasteiger partial charge in [0.05, 0.1) is 0 Å². The second kappa shape index (κ2) is 5.46. The summed E-state index contributed by atoms with van der Waals surface area (Å²) in [6.07, 6.45) is 3.37. The van der Waals surface area contributed by atoms with Gasteiger partial charge in [-0.15, -0.1) is 0 Å². The summed E-state index contributed by atoms with van der Waals surface area (Å²) in [5, 5.41) is 0. The summed E-state index contributed by atoms with van der Waals surface area (Å²) in [6.45, 7) is 5.91. The van der Waals surface area contributed by atoms with Crippen LogP contribution < -0.4 is 5.43 Å². The van der Waals surface area contributed by atoms with Gasteiger partial charge in [0.1, 0.15) is 4.90 Å². The molecule has 0 amide bonds. The first kappa shape index (κ1) is 13.9. The van der Waals surface area contributed by atoms with E-state index in [9.17, 15) is 13.2 Å². The molecule has 1 aromatic heterocycles. The summed E-state index contributed by atoms with van der Waals surface area (Å²) in [5.41, 5.74) is -0.481. The first-order chi connectivity index (χ1) is 7.91. The van der Waals surface area contributed by atoms with Crippen LogP contribution in [0.2, 0.25) is 0 Å². The maximum absolute atomic E-state index is 12.3. The quantitative estimate of drug-likeness (QED) is 0.862. The van der Waals surface area contributed by atoms with Crippen LogP contribution in [0.25, 0.3) is 0 Å². The molecular formula is C11H18N2O3S. The van der Waals surface area contributed by atoms with Crippen LogP contribution in [-0.2, 0) is 10.0 Å². The molecule has 1 heterocycles. The Balaban J connectivity index is 3.27. The van der Waals surface area contributed by atoms with Crippen LogP contribution in [-0.4, -0.2) is 30.3 Å². The molecule has 0 atom stereocenters. The van der Waals surface area contributed by atoms with Gasteiger partial charge in [-0.2, -0.15) is 4.31 Å². The Morgan fingerprint density at radius 1 is 1.41 bits per heavy atom. The molecule has 0 fully saturated rings. The van der Waals surface area contributed by atoms with Crippen LogP contribution in [0.5, 0.6) is 0 Å². The van der Waals surface area contributed by atoms with Crippen LogP contribution in [0.15, 0.2) is 28.2 Å². The van der Waals surface area contributed by atoms with Crippen molar-refractivity contribution in [2.24, 2.45) is 0 Å². The first-order valence-electron chi connectivity index (χ1n) is 5.60. The van der Waals surface area contributed by atoms with E-state index in [-0.39, 0.29) is 10.9 Å². The predicted molar refractivity (Wildman–Crippen MR) is 66.4 cm³/mol. The monoisotopic (exact) mass is 258 g/mol. The molecule has 0 aliphatic rings. The third-order valence-corrected chi connectivity index (χ3v) is 4.49. The predicted octanol–water partition coefficient (Wildman–Crippen LogP) is 1.18. The summed E-state index contributed by atoms with van der Waals surface area (Å²) < 4.78 is 25.9. The summed E-state index contributed by atoms with van der Waals surface area (Å²) >= 11 is 0. The number of aromatic nitrogens is 1. The van der Waals surface area contributed by atoms with Crippen molar-refractivity contribution >= 4 is 10.0 Å². The van der Waals surface area contributed by atoms with E-state index < -0.39 is 15.5 Å². The Morgan fingerprint density at radius 2 is 2.06 bits per heavy atom. The molecule has 0 radical (unpaired) electrons. The van der Waals surface area contributed by atoms with E-state index in [1.54, 1.807) is 13.8 Å². The van der Waals surface area contributed by atoms with E-state index in [1.807, 2.05) is 6.92 Å². The summed E-state index contributed by atoms with van der Waals surface area (Å²) in [4.78, 5) is 14.0. The molecule has 0 spiro atoms. The Labute approximate surface area is 102 Å². The van der Waals surface area contributed by atoms with Gasteiger partial charge in [0.25, 0.3) is 0 Å². The van der Waals surface area contributed by atoms with E-state index in [0.29, 0.717) is 13.0 Å². The molecule has 6 heteroatoms. The Bertz CT molecular complexity index is 520. The van der Waals surface area contributed by atoms with E-state index in [0.717, 1.165) is 0 Å². The van der Waals surface area contributed by atoms with E-state index >= 15 is 0 Å². The number of rotatable bonds is 5. The zero-order valence-corrected chi connectivity index (χ0v) is 11.1. The molecule has 5 nitrogen and oxygen atoms in total. The van der Waals surface area contributed by atoms with Gasteiger partial charge in [0.15, 0.2) is 0 Å². The third kappa shape index (κ3) is 2.95. The second-order valence-electron chi connectivity index (χ2n) is 4.08. The van der Waals surface area contributed by atoms with Crippen LogP contribution in [0.3, 0.4) is 0 Å². The SMILES string of the molecule is CCCN(C(C)C)S(=O)(=O)c1c[nH]ccc1=O. The molecule has 0 saturated heterocycles. The standard InChI is InChI=1S/C11H18N2O3S/c1-4-7-13(9(2)3)17(15,16)11-8-12-6-5-10(11)14/h5-6,8-9H,4,7H2,1-3H3,(H,12,14). The maximum atomic E-state index is 12.3. The van der Waals surface area contributed by atoms with Crippen molar-refractivity contribution in [3.63, 3.8) is 0 Å². The molecule has 96 valence electrons. The van der Waals surface area contributed by atoms with Gasteiger partial charge in [-0.25, -0.2) is 8.42 Å². The van der Waals surface area contributed by atoms with Crippen molar-refractivity contribution in [1.29, 1.82) is 0 Å². The molecular weight excluding hydrogens is 240 g/mol. The third-order valence-electron chi connectivity index (χ3n) is 2.39. The largest absolute Gasteiger partial charge is 0.366 e. The van der Waals surface area contributed by atoms with Crippen LogP contribution >= 0.6 is 0 Å².